The molecular formula is C26H29FN2O2S. The lowest BCUT2D eigenvalue weighted by Gasteiger charge is -2.28. The van der Waals surface area contributed by atoms with E-state index in [1.807, 2.05) is 17.0 Å². The largest absolute Gasteiger partial charge is 0.497 e. The van der Waals surface area contributed by atoms with Gasteiger partial charge in [0.15, 0.2) is 0 Å². The lowest BCUT2D eigenvalue weighted by atomic mass is 9.88. The molecular weight excluding hydrogens is 423 g/mol. The van der Waals surface area contributed by atoms with E-state index in [0.29, 0.717) is 24.9 Å². The second-order valence-electron chi connectivity index (χ2n) is 8.44. The van der Waals surface area contributed by atoms with Crippen molar-refractivity contribution in [3.05, 3.63) is 87.9 Å². The highest BCUT2D eigenvalue weighted by molar-refractivity contribution is 7.09. The average Bonchev–Trinajstić information content (AvgIpc) is 3.45. The Bertz CT molecular complexity index is 1010. The first-order chi connectivity index (χ1) is 15.5. The zero-order chi connectivity index (χ0) is 22.5. The van der Waals surface area contributed by atoms with E-state index < -0.39 is 0 Å². The molecule has 2 atom stereocenters. The summed E-state index contributed by atoms with van der Waals surface area (Å²) >= 11 is 1.78. The van der Waals surface area contributed by atoms with Crippen LogP contribution in [0.3, 0.4) is 0 Å². The zero-order valence-corrected chi connectivity index (χ0v) is 19.4. The lowest BCUT2D eigenvalue weighted by molar-refractivity contribution is -0.130. The van der Waals surface area contributed by atoms with E-state index in [2.05, 4.69) is 34.5 Å². The first kappa shape index (κ1) is 22.5. The number of hydrogen-bond donors (Lipinski definition) is 0. The first-order valence-electron chi connectivity index (χ1n) is 10.9. The van der Waals surface area contributed by atoms with Crippen molar-refractivity contribution in [2.45, 2.75) is 25.9 Å². The van der Waals surface area contributed by atoms with Gasteiger partial charge < -0.3 is 9.64 Å². The number of methoxy groups -OCH3 is 1. The van der Waals surface area contributed by atoms with Crippen molar-refractivity contribution in [1.82, 2.24) is 9.80 Å². The van der Waals surface area contributed by atoms with E-state index in [9.17, 15) is 9.18 Å². The highest BCUT2D eigenvalue weighted by Crippen LogP contribution is 2.35. The SMILES string of the molecule is COc1ccc(C2CN(Cc3cccs3)CC2CN(Cc2ccc(F)cc2)C(C)=O)cc1. The third-order valence-corrected chi connectivity index (χ3v) is 7.07. The van der Waals surface area contributed by atoms with Gasteiger partial charge in [-0.1, -0.05) is 30.3 Å². The predicted molar refractivity (Wildman–Crippen MR) is 126 cm³/mol. The molecule has 6 heteroatoms. The third kappa shape index (κ3) is 5.56. The number of amides is 1. The van der Waals surface area contributed by atoms with E-state index >= 15 is 0 Å². The van der Waals surface area contributed by atoms with Gasteiger partial charge in [0, 0.05) is 50.4 Å². The summed E-state index contributed by atoms with van der Waals surface area (Å²) in [6.07, 6.45) is 0. The molecule has 0 bridgehead atoms. The molecule has 1 fully saturated rings. The Kier molecular flexibility index (Phi) is 7.22. The molecule has 1 aliphatic rings. The number of carbonyl (C=O) groups is 1. The number of likely N-dealkylation sites (tertiary alicyclic amines) is 1. The highest BCUT2D eigenvalue weighted by Gasteiger charge is 2.35. The molecule has 4 rings (SSSR count). The van der Waals surface area contributed by atoms with E-state index in [0.717, 1.165) is 30.9 Å². The Morgan fingerprint density at radius 2 is 1.88 bits per heavy atom. The summed E-state index contributed by atoms with van der Waals surface area (Å²) in [5.41, 5.74) is 2.21. The van der Waals surface area contributed by atoms with Gasteiger partial charge >= 0.3 is 0 Å². The summed E-state index contributed by atoms with van der Waals surface area (Å²) < 4.78 is 18.6. The number of thiophene rings is 1. The van der Waals surface area contributed by atoms with E-state index in [1.54, 1.807) is 37.5 Å². The van der Waals surface area contributed by atoms with Crippen molar-refractivity contribution in [3.63, 3.8) is 0 Å². The minimum atomic E-state index is -0.261. The number of hydrogen-bond acceptors (Lipinski definition) is 4. The van der Waals surface area contributed by atoms with Crippen LogP contribution in [0.1, 0.15) is 28.8 Å². The smallest absolute Gasteiger partial charge is 0.219 e. The van der Waals surface area contributed by atoms with Crippen molar-refractivity contribution >= 4 is 17.2 Å². The number of benzene rings is 2. The van der Waals surface area contributed by atoms with Crippen LogP contribution in [0.2, 0.25) is 0 Å². The third-order valence-electron chi connectivity index (χ3n) is 6.21. The van der Waals surface area contributed by atoms with Crippen LogP contribution in [0.4, 0.5) is 4.39 Å². The molecule has 0 radical (unpaired) electrons. The van der Waals surface area contributed by atoms with Crippen molar-refractivity contribution in [2.24, 2.45) is 5.92 Å². The van der Waals surface area contributed by atoms with Gasteiger partial charge in [-0.3, -0.25) is 9.69 Å². The molecule has 0 saturated carbocycles. The normalized spacial score (nSPS) is 18.6. The van der Waals surface area contributed by atoms with Gasteiger partial charge in [-0.2, -0.15) is 0 Å². The maximum Gasteiger partial charge on any atom is 0.219 e. The molecule has 1 aliphatic heterocycles. The zero-order valence-electron chi connectivity index (χ0n) is 18.5. The number of rotatable bonds is 8. The Balaban J connectivity index is 1.53. The summed E-state index contributed by atoms with van der Waals surface area (Å²) in [4.78, 5) is 18.2. The summed E-state index contributed by atoms with van der Waals surface area (Å²) in [5.74, 6) is 1.27. The fourth-order valence-corrected chi connectivity index (χ4v) is 5.27. The van der Waals surface area contributed by atoms with Crippen LogP contribution in [-0.2, 0) is 17.9 Å². The molecule has 2 heterocycles. The molecule has 0 spiro atoms. The van der Waals surface area contributed by atoms with Gasteiger partial charge in [-0.25, -0.2) is 4.39 Å². The molecule has 1 aromatic heterocycles. The van der Waals surface area contributed by atoms with E-state index in [4.69, 9.17) is 4.74 Å². The van der Waals surface area contributed by atoms with Gasteiger partial charge in [-0.05, 0) is 52.8 Å². The van der Waals surface area contributed by atoms with Crippen LogP contribution in [0.15, 0.2) is 66.0 Å². The summed E-state index contributed by atoms with van der Waals surface area (Å²) in [6, 6.07) is 19.0. The molecule has 3 aromatic rings. The second kappa shape index (κ2) is 10.3. The molecule has 2 aromatic carbocycles. The van der Waals surface area contributed by atoms with Crippen LogP contribution in [-0.4, -0.2) is 42.5 Å². The van der Waals surface area contributed by atoms with Crippen LogP contribution >= 0.6 is 11.3 Å². The number of nitrogens with zero attached hydrogens (tertiary/aromatic N) is 2. The fourth-order valence-electron chi connectivity index (χ4n) is 4.52. The summed E-state index contributed by atoms with van der Waals surface area (Å²) in [5, 5.41) is 2.12. The van der Waals surface area contributed by atoms with Crippen molar-refractivity contribution in [3.8, 4) is 5.75 Å². The fraction of sp³-hybridized carbons (Fsp3) is 0.346. The Hall–Kier alpha value is -2.70. The van der Waals surface area contributed by atoms with Crippen molar-refractivity contribution in [2.75, 3.05) is 26.7 Å². The van der Waals surface area contributed by atoms with Crippen LogP contribution in [0.25, 0.3) is 0 Å². The van der Waals surface area contributed by atoms with Crippen molar-refractivity contribution in [1.29, 1.82) is 0 Å². The number of halogens is 1. The Morgan fingerprint density at radius 1 is 1.12 bits per heavy atom. The number of carbonyl (C=O) groups excluding carboxylic acids is 1. The van der Waals surface area contributed by atoms with Gasteiger partial charge in [0.25, 0.3) is 0 Å². The second-order valence-corrected chi connectivity index (χ2v) is 9.47. The van der Waals surface area contributed by atoms with Crippen LogP contribution in [0, 0.1) is 11.7 Å². The lowest BCUT2D eigenvalue weighted by Crippen LogP contribution is -2.35. The maximum absolute atomic E-state index is 13.3. The van der Waals surface area contributed by atoms with Crippen LogP contribution in [0.5, 0.6) is 5.75 Å². The molecule has 0 N–H and O–H groups in total. The monoisotopic (exact) mass is 452 g/mol. The molecule has 168 valence electrons. The minimum Gasteiger partial charge on any atom is -0.497 e. The average molecular weight is 453 g/mol. The molecule has 2 unspecified atom stereocenters. The molecule has 0 aliphatic carbocycles. The van der Waals surface area contributed by atoms with Crippen LogP contribution < -0.4 is 4.74 Å². The first-order valence-corrected chi connectivity index (χ1v) is 11.8. The van der Waals surface area contributed by atoms with Gasteiger partial charge in [0.05, 0.1) is 7.11 Å². The van der Waals surface area contributed by atoms with Gasteiger partial charge in [0.2, 0.25) is 5.91 Å². The molecule has 1 amide bonds. The van der Waals surface area contributed by atoms with E-state index in [1.165, 1.54) is 22.6 Å². The Labute approximate surface area is 193 Å². The van der Waals surface area contributed by atoms with Crippen molar-refractivity contribution < 1.29 is 13.9 Å². The maximum atomic E-state index is 13.3. The highest BCUT2D eigenvalue weighted by atomic mass is 32.1. The molecule has 4 nitrogen and oxygen atoms in total. The quantitative estimate of drug-likeness (QED) is 0.473. The minimum absolute atomic E-state index is 0.0412. The number of ether oxygens (including phenoxy) is 1. The van der Waals surface area contributed by atoms with Gasteiger partial charge in [-0.15, -0.1) is 11.3 Å². The summed E-state index contributed by atoms with van der Waals surface area (Å²) in [7, 11) is 1.68. The Morgan fingerprint density at radius 3 is 2.50 bits per heavy atom. The standard InChI is InChI=1S/C26H29FN2O2S/c1-19(30)29(14-20-5-9-23(27)10-6-20)16-22-15-28(17-25-4-3-13-32-25)18-26(22)21-7-11-24(31-2)12-8-21/h3-13,22,26H,14-18H2,1-2H3. The van der Waals surface area contributed by atoms with E-state index in [-0.39, 0.29) is 11.7 Å². The predicted octanol–water partition coefficient (Wildman–Crippen LogP) is 5.16. The molecule has 32 heavy (non-hydrogen) atoms. The molecule has 1 saturated heterocycles. The topological polar surface area (TPSA) is 32.8 Å². The summed E-state index contributed by atoms with van der Waals surface area (Å²) in [6.45, 7) is 5.60. The van der Waals surface area contributed by atoms with Gasteiger partial charge in [0.1, 0.15) is 11.6 Å².